The van der Waals surface area contributed by atoms with E-state index in [0.717, 1.165) is 23.9 Å². The fourth-order valence-corrected chi connectivity index (χ4v) is 5.88. The van der Waals surface area contributed by atoms with Crippen LogP contribution in [0.1, 0.15) is 33.6 Å². The van der Waals surface area contributed by atoms with Crippen molar-refractivity contribution in [3.8, 4) is 0 Å². The Hall–Kier alpha value is -1.62. The number of H-pyrrole nitrogens is 1. The first kappa shape index (κ1) is 14.9. The highest BCUT2D eigenvalue weighted by atomic mass is 32.2. The monoisotopic (exact) mass is 328 g/mol. The Morgan fingerprint density at radius 2 is 1.96 bits per heavy atom. The molecule has 120 valence electrons. The second kappa shape index (κ2) is 4.69. The van der Waals surface area contributed by atoms with Gasteiger partial charge in [-0.2, -0.15) is 0 Å². The molecule has 5 heteroatoms. The second-order valence-electron chi connectivity index (χ2n) is 7.52. The van der Waals surface area contributed by atoms with Crippen LogP contribution in [0, 0.1) is 16.7 Å². The van der Waals surface area contributed by atoms with Crippen molar-refractivity contribution in [2.24, 2.45) is 16.7 Å². The number of para-hydroxylation sites is 2. The number of carbonyl (C=O) groups is 1. The van der Waals surface area contributed by atoms with E-state index in [2.05, 4.69) is 30.7 Å². The molecule has 0 saturated heterocycles. The van der Waals surface area contributed by atoms with E-state index in [0.29, 0.717) is 10.8 Å². The van der Waals surface area contributed by atoms with Gasteiger partial charge in [-0.3, -0.25) is 9.59 Å². The van der Waals surface area contributed by atoms with Crippen molar-refractivity contribution in [3.05, 3.63) is 34.6 Å². The molecule has 2 aliphatic carbocycles. The van der Waals surface area contributed by atoms with Gasteiger partial charge in [-0.05, 0) is 35.8 Å². The van der Waals surface area contributed by atoms with Gasteiger partial charge in [-0.15, -0.1) is 0 Å². The summed E-state index contributed by atoms with van der Waals surface area (Å²) in [4.78, 5) is 32.5. The van der Waals surface area contributed by atoms with Gasteiger partial charge < -0.3 is 4.98 Å². The molecule has 2 aliphatic rings. The molecule has 1 N–H and O–H groups in total. The van der Waals surface area contributed by atoms with Crippen LogP contribution in [0.25, 0.3) is 11.0 Å². The average Bonchev–Trinajstić information content (AvgIpc) is 2.81. The summed E-state index contributed by atoms with van der Waals surface area (Å²) in [5.41, 5.74) is 1.21. The van der Waals surface area contributed by atoms with Crippen molar-refractivity contribution in [1.29, 1.82) is 0 Å². The summed E-state index contributed by atoms with van der Waals surface area (Å²) in [7, 11) is 0. The molecule has 0 radical (unpaired) electrons. The summed E-state index contributed by atoms with van der Waals surface area (Å²) in [6, 6.07) is 7.49. The van der Waals surface area contributed by atoms with E-state index in [1.54, 1.807) is 0 Å². The second-order valence-corrected chi connectivity index (χ2v) is 8.61. The lowest BCUT2D eigenvalue weighted by Gasteiger charge is -2.37. The van der Waals surface area contributed by atoms with Crippen LogP contribution in [0.3, 0.4) is 0 Å². The zero-order valence-corrected chi connectivity index (χ0v) is 14.4. The summed E-state index contributed by atoms with van der Waals surface area (Å²) < 4.78 is 0. The van der Waals surface area contributed by atoms with Crippen molar-refractivity contribution in [2.75, 3.05) is 0 Å². The lowest BCUT2D eigenvalue weighted by Crippen LogP contribution is -2.36. The number of Topliss-reactive ketones (excluding diaryl/α,β-unsaturated/α-hetero) is 1. The first-order valence-electron chi connectivity index (χ1n) is 8.04. The molecule has 1 aromatic carbocycles. The molecule has 0 spiro atoms. The number of aromatic nitrogens is 2. The van der Waals surface area contributed by atoms with E-state index in [4.69, 9.17) is 0 Å². The van der Waals surface area contributed by atoms with Crippen molar-refractivity contribution in [3.63, 3.8) is 0 Å². The fraction of sp³-hybridized carbons (Fsp3) is 0.500. The molecule has 2 fully saturated rings. The minimum absolute atomic E-state index is 0.00857. The number of hydrogen-bond donors (Lipinski definition) is 1. The molecule has 0 amide bonds. The molecule has 1 aromatic heterocycles. The van der Waals surface area contributed by atoms with Crippen molar-refractivity contribution >= 4 is 28.6 Å². The molecule has 0 aliphatic heterocycles. The Kier molecular flexibility index (Phi) is 3.05. The third-order valence-corrected chi connectivity index (χ3v) is 7.76. The van der Waals surface area contributed by atoms with E-state index in [1.807, 2.05) is 24.3 Å². The van der Waals surface area contributed by atoms with E-state index in [-0.39, 0.29) is 27.6 Å². The summed E-state index contributed by atoms with van der Waals surface area (Å²) in [5, 5.41) is 0.234. The smallest absolute Gasteiger partial charge is 0.280 e. The third-order valence-electron chi connectivity index (χ3n) is 6.27. The summed E-state index contributed by atoms with van der Waals surface area (Å²) in [6.45, 7) is 6.59. The van der Waals surface area contributed by atoms with Gasteiger partial charge in [0.15, 0.2) is 5.03 Å². The number of nitrogens with one attached hydrogen (secondary N) is 1. The average molecular weight is 328 g/mol. The number of ketones is 1. The predicted octanol–water partition coefficient (Wildman–Crippen LogP) is 3.41. The maximum absolute atomic E-state index is 12.8. The maximum atomic E-state index is 12.8. The largest absolute Gasteiger partial charge is 0.318 e. The zero-order chi connectivity index (χ0) is 16.4. The SMILES string of the molecule is CC1(C)[C@@H]2CC[C@@]1(C)[C@H](Sc1nc3ccccc3[nH]c1=O)C2=O. The first-order valence-corrected chi connectivity index (χ1v) is 8.92. The minimum atomic E-state index is -0.203. The van der Waals surface area contributed by atoms with Crippen LogP contribution < -0.4 is 5.56 Å². The fourth-order valence-electron chi connectivity index (χ4n) is 4.38. The number of aromatic amines is 1. The number of benzene rings is 1. The van der Waals surface area contributed by atoms with E-state index < -0.39 is 0 Å². The van der Waals surface area contributed by atoms with Crippen LogP contribution in [0.2, 0.25) is 0 Å². The lowest BCUT2D eigenvalue weighted by atomic mass is 9.71. The molecular weight excluding hydrogens is 308 g/mol. The molecule has 4 nitrogen and oxygen atoms in total. The number of rotatable bonds is 2. The number of fused-ring (bicyclic) bond motifs is 3. The van der Waals surface area contributed by atoms with Gasteiger partial charge in [0.25, 0.3) is 5.56 Å². The zero-order valence-electron chi connectivity index (χ0n) is 13.6. The molecule has 23 heavy (non-hydrogen) atoms. The molecule has 2 aromatic rings. The van der Waals surface area contributed by atoms with Crippen molar-refractivity contribution < 1.29 is 4.79 Å². The van der Waals surface area contributed by atoms with Crippen LogP contribution in [0.15, 0.2) is 34.1 Å². The normalized spacial score (nSPS) is 31.9. The van der Waals surface area contributed by atoms with Gasteiger partial charge in [0.1, 0.15) is 5.78 Å². The molecule has 2 saturated carbocycles. The van der Waals surface area contributed by atoms with Crippen LogP contribution >= 0.6 is 11.8 Å². The number of carbonyl (C=O) groups excluding carboxylic acids is 1. The van der Waals surface area contributed by atoms with E-state index in [9.17, 15) is 9.59 Å². The van der Waals surface area contributed by atoms with Crippen molar-refractivity contribution in [2.45, 2.75) is 43.9 Å². The molecule has 4 rings (SSSR count). The highest BCUT2D eigenvalue weighted by Gasteiger charge is 2.66. The Labute approximate surface area is 139 Å². The van der Waals surface area contributed by atoms with Gasteiger partial charge in [-0.1, -0.05) is 44.7 Å². The first-order chi connectivity index (χ1) is 10.8. The molecule has 2 bridgehead atoms. The van der Waals surface area contributed by atoms with Crippen LogP contribution in [0.5, 0.6) is 0 Å². The summed E-state index contributed by atoms with van der Waals surface area (Å²) in [6.07, 6.45) is 2.01. The van der Waals surface area contributed by atoms with Gasteiger partial charge >= 0.3 is 0 Å². The maximum Gasteiger partial charge on any atom is 0.280 e. The Bertz CT molecular complexity index is 873. The lowest BCUT2D eigenvalue weighted by molar-refractivity contribution is -0.122. The van der Waals surface area contributed by atoms with E-state index >= 15 is 0 Å². The molecule has 0 unspecified atom stereocenters. The molecule has 1 heterocycles. The highest BCUT2D eigenvalue weighted by molar-refractivity contribution is 8.00. The minimum Gasteiger partial charge on any atom is -0.318 e. The van der Waals surface area contributed by atoms with Crippen molar-refractivity contribution in [1.82, 2.24) is 9.97 Å². The third kappa shape index (κ3) is 1.89. The highest BCUT2D eigenvalue weighted by Crippen LogP contribution is 2.66. The van der Waals surface area contributed by atoms with Gasteiger partial charge in [-0.25, -0.2) is 4.98 Å². The Balaban J connectivity index is 1.76. The van der Waals surface area contributed by atoms with E-state index in [1.165, 1.54) is 11.8 Å². The van der Waals surface area contributed by atoms with Gasteiger partial charge in [0, 0.05) is 5.92 Å². The standard InChI is InChI=1S/C18H20N2O2S/c1-17(2)10-8-9-18(17,3)14(13(10)21)23-16-15(22)19-11-6-4-5-7-12(11)20-16/h4-7,10,14H,8-9H2,1-3H3,(H,19,22)/t10-,14-,18+/m1/s1. The van der Waals surface area contributed by atoms with Crippen LogP contribution in [0.4, 0.5) is 0 Å². The molecular formula is C18H20N2O2S. The van der Waals surface area contributed by atoms with Crippen LogP contribution in [-0.2, 0) is 4.79 Å². The number of thioether (sulfide) groups is 1. The number of hydrogen-bond acceptors (Lipinski definition) is 4. The Morgan fingerprint density at radius 3 is 2.65 bits per heavy atom. The molecule has 3 atom stereocenters. The Morgan fingerprint density at radius 1 is 1.22 bits per heavy atom. The van der Waals surface area contributed by atoms with Crippen LogP contribution in [-0.4, -0.2) is 21.0 Å². The summed E-state index contributed by atoms with van der Waals surface area (Å²) in [5.74, 6) is 0.410. The quantitative estimate of drug-likeness (QED) is 0.917. The number of nitrogens with zero attached hydrogens (tertiary/aromatic N) is 1. The topological polar surface area (TPSA) is 62.8 Å². The van der Waals surface area contributed by atoms with Gasteiger partial charge in [0.2, 0.25) is 0 Å². The summed E-state index contributed by atoms with van der Waals surface area (Å²) >= 11 is 1.36. The van der Waals surface area contributed by atoms with Gasteiger partial charge in [0.05, 0.1) is 16.3 Å². The predicted molar refractivity (Wildman–Crippen MR) is 91.6 cm³/mol.